The number of hydrogen-bond donors (Lipinski definition) is 0. The van der Waals surface area contributed by atoms with Gasteiger partial charge in [-0.25, -0.2) is 8.97 Å². The minimum absolute atomic E-state index is 0.809. The SMILES string of the molecule is COc1cc(-[n+]2cc3ccccn3c2)ccc1-c1ccccn1. The monoisotopic (exact) mass is 302 g/mol. The van der Waals surface area contributed by atoms with E-state index < -0.39 is 0 Å². The summed E-state index contributed by atoms with van der Waals surface area (Å²) in [4.78, 5) is 4.40. The Labute approximate surface area is 134 Å². The maximum Gasteiger partial charge on any atom is 0.254 e. The second-order valence-corrected chi connectivity index (χ2v) is 5.28. The van der Waals surface area contributed by atoms with Crippen LogP contribution in [0.15, 0.2) is 79.5 Å². The summed E-state index contributed by atoms with van der Waals surface area (Å²) in [5.41, 5.74) is 4.08. The van der Waals surface area contributed by atoms with Gasteiger partial charge in [-0.2, -0.15) is 0 Å². The molecular weight excluding hydrogens is 286 g/mol. The van der Waals surface area contributed by atoms with Crippen LogP contribution < -0.4 is 9.30 Å². The van der Waals surface area contributed by atoms with Crippen LogP contribution in [0.1, 0.15) is 0 Å². The highest BCUT2D eigenvalue weighted by molar-refractivity contribution is 5.68. The van der Waals surface area contributed by atoms with E-state index in [1.807, 2.05) is 55.0 Å². The minimum atomic E-state index is 0.809. The summed E-state index contributed by atoms with van der Waals surface area (Å²) in [7, 11) is 1.69. The molecule has 4 nitrogen and oxygen atoms in total. The largest absolute Gasteiger partial charge is 0.496 e. The zero-order valence-electron chi connectivity index (χ0n) is 12.8. The first-order valence-electron chi connectivity index (χ1n) is 7.43. The highest BCUT2D eigenvalue weighted by Gasteiger charge is 2.13. The quantitative estimate of drug-likeness (QED) is 0.544. The second kappa shape index (κ2) is 5.57. The van der Waals surface area contributed by atoms with Crippen molar-refractivity contribution < 1.29 is 9.30 Å². The Bertz CT molecular complexity index is 928. The summed E-state index contributed by atoms with van der Waals surface area (Å²) in [6.07, 6.45) is 7.96. The van der Waals surface area contributed by atoms with Crippen molar-refractivity contribution in [3.8, 4) is 22.7 Å². The molecule has 0 amide bonds. The number of pyridine rings is 2. The fourth-order valence-electron chi connectivity index (χ4n) is 2.71. The van der Waals surface area contributed by atoms with E-state index >= 15 is 0 Å². The van der Waals surface area contributed by atoms with Crippen molar-refractivity contribution in [1.29, 1.82) is 0 Å². The molecule has 0 atom stereocenters. The minimum Gasteiger partial charge on any atom is -0.496 e. The standard InChI is InChI=1S/C19H16N3O/c1-23-19-12-15(8-9-17(19)18-7-2-4-10-20-18)22-13-16-6-3-5-11-21(16)14-22/h2-14H,1H3/q+1. The maximum absolute atomic E-state index is 5.58. The number of rotatable bonds is 3. The number of ether oxygens (including phenoxy) is 1. The average molecular weight is 302 g/mol. The van der Waals surface area contributed by atoms with Gasteiger partial charge in [-0.1, -0.05) is 12.1 Å². The topological polar surface area (TPSA) is 30.4 Å². The van der Waals surface area contributed by atoms with Crippen molar-refractivity contribution in [1.82, 2.24) is 9.38 Å². The van der Waals surface area contributed by atoms with Crippen molar-refractivity contribution in [3.63, 3.8) is 0 Å². The van der Waals surface area contributed by atoms with Gasteiger partial charge in [0.2, 0.25) is 0 Å². The zero-order chi connectivity index (χ0) is 15.6. The van der Waals surface area contributed by atoms with Gasteiger partial charge < -0.3 is 4.74 Å². The molecule has 0 N–H and O–H groups in total. The van der Waals surface area contributed by atoms with Gasteiger partial charge in [-0.05, 0) is 36.4 Å². The van der Waals surface area contributed by atoms with Gasteiger partial charge in [0.25, 0.3) is 6.33 Å². The van der Waals surface area contributed by atoms with Gasteiger partial charge in [-0.3, -0.25) is 4.98 Å². The van der Waals surface area contributed by atoms with Crippen molar-refractivity contribution in [2.24, 2.45) is 0 Å². The van der Waals surface area contributed by atoms with E-state index in [-0.39, 0.29) is 0 Å². The summed E-state index contributed by atoms with van der Waals surface area (Å²) in [6.45, 7) is 0. The van der Waals surface area contributed by atoms with E-state index in [1.54, 1.807) is 13.3 Å². The molecule has 0 fully saturated rings. The van der Waals surface area contributed by atoms with Crippen molar-refractivity contribution in [2.45, 2.75) is 0 Å². The summed E-state index contributed by atoms with van der Waals surface area (Å²) in [5, 5.41) is 0. The fraction of sp³-hybridized carbons (Fsp3) is 0.0526. The van der Waals surface area contributed by atoms with Crippen LogP contribution in [0.4, 0.5) is 0 Å². The highest BCUT2D eigenvalue weighted by Crippen LogP contribution is 2.29. The van der Waals surface area contributed by atoms with Crippen LogP contribution in [-0.4, -0.2) is 16.5 Å². The molecule has 0 unspecified atom stereocenters. The van der Waals surface area contributed by atoms with Crippen LogP contribution >= 0.6 is 0 Å². The summed E-state index contributed by atoms with van der Waals surface area (Å²) >= 11 is 0. The first kappa shape index (κ1) is 13.5. The lowest BCUT2D eigenvalue weighted by atomic mass is 10.1. The third-order valence-electron chi connectivity index (χ3n) is 3.87. The van der Waals surface area contributed by atoms with E-state index in [2.05, 4.69) is 32.3 Å². The maximum atomic E-state index is 5.58. The Morgan fingerprint density at radius 2 is 1.96 bits per heavy atom. The Kier molecular flexibility index (Phi) is 3.27. The van der Waals surface area contributed by atoms with E-state index in [1.165, 1.54) is 0 Å². The van der Waals surface area contributed by atoms with Crippen LogP contribution in [0, 0.1) is 0 Å². The van der Waals surface area contributed by atoms with Gasteiger partial charge >= 0.3 is 0 Å². The lowest BCUT2D eigenvalue weighted by Gasteiger charge is -2.08. The van der Waals surface area contributed by atoms with Crippen LogP contribution in [0.25, 0.3) is 22.5 Å². The first-order valence-corrected chi connectivity index (χ1v) is 7.43. The smallest absolute Gasteiger partial charge is 0.254 e. The van der Waals surface area contributed by atoms with Gasteiger partial charge in [0.1, 0.15) is 17.6 Å². The zero-order valence-corrected chi connectivity index (χ0v) is 12.8. The van der Waals surface area contributed by atoms with Gasteiger partial charge in [0.05, 0.1) is 19.0 Å². The lowest BCUT2D eigenvalue weighted by molar-refractivity contribution is -0.594. The molecule has 23 heavy (non-hydrogen) atoms. The van der Waals surface area contributed by atoms with E-state index in [0.717, 1.165) is 28.2 Å². The lowest BCUT2D eigenvalue weighted by Crippen LogP contribution is -2.27. The van der Waals surface area contributed by atoms with Crippen LogP contribution in [0.2, 0.25) is 0 Å². The molecule has 4 rings (SSSR count). The molecule has 0 bridgehead atoms. The molecule has 3 heterocycles. The number of fused-ring (bicyclic) bond motifs is 1. The molecule has 0 saturated heterocycles. The third-order valence-corrected chi connectivity index (χ3v) is 3.87. The van der Waals surface area contributed by atoms with E-state index in [0.29, 0.717) is 0 Å². The Morgan fingerprint density at radius 3 is 2.74 bits per heavy atom. The van der Waals surface area contributed by atoms with Crippen LogP contribution in [-0.2, 0) is 0 Å². The van der Waals surface area contributed by atoms with Gasteiger partial charge in [0.15, 0.2) is 5.52 Å². The van der Waals surface area contributed by atoms with E-state index in [4.69, 9.17) is 4.74 Å². The molecule has 0 radical (unpaired) electrons. The number of hydrogen-bond acceptors (Lipinski definition) is 2. The summed E-state index contributed by atoms with van der Waals surface area (Å²) in [6, 6.07) is 18.2. The Hall–Kier alpha value is -3.14. The van der Waals surface area contributed by atoms with Crippen LogP contribution in [0.5, 0.6) is 5.75 Å². The van der Waals surface area contributed by atoms with Crippen molar-refractivity contribution in [3.05, 3.63) is 79.5 Å². The molecule has 112 valence electrons. The Morgan fingerprint density at radius 1 is 1.04 bits per heavy atom. The number of imidazole rings is 1. The number of nitrogens with zero attached hydrogens (tertiary/aromatic N) is 3. The molecule has 0 spiro atoms. The molecule has 0 aliphatic heterocycles. The van der Waals surface area contributed by atoms with Gasteiger partial charge in [-0.15, -0.1) is 0 Å². The normalized spacial score (nSPS) is 10.8. The number of methoxy groups -OCH3 is 1. The van der Waals surface area contributed by atoms with Crippen LogP contribution in [0.3, 0.4) is 0 Å². The van der Waals surface area contributed by atoms with Crippen molar-refractivity contribution >= 4 is 5.52 Å². The summed E-state index contributed by atoms with van der Waals surface area (Å²) in [5.74, 6) is 0.809. The Balaban J connectivity index is 1.81. The van der Waals surface area contributed by atoms with E-state index in [9.17, 15) is 0 Å². The highest BCUT2D eigenvalue weighted by atomic mass is 16.5. The average Bonchev–Trinajstić information content (AvgIpc) is 3.06. The molecular formula is C19H16N3O+. The number of benzene rings is 1. The van der Waals surface area contributed by atoms with Gasteiger partial charge in [0, 0.05) is 17.8 Å². The predicted molar refractivity (Wildman–Crippen MR) is 88.7 cm³/mol. The number of aromatic nitrogens is 3. The molecule has 3 aromatic heterocycles. The second-order valence-electron chi connectivity index (χ2n) is 5.28. The molecule has 4 aromatic rings. The predicted octanol–water partition coefficient (Wildman–Crippen LogP) is 3.29. The molecule has 0 saturated carbocycles. The molecule has 1 aromatic carbocycles. The molecule has 0 aliphatic carbocycles. The molecule has 0 aliphatic rings. The first-order chi connectivity index (χ1) is 11.3. The summed E-state index contributed by atoms with van der Waals surface area (Å²) < 4.78 is 9.74. The van der Waals surface area contributed by atoms with Crippen molar-refractivity contribution in [2.75, 3.05) is 7.11 Å². The molecule has 4 heteroatoms. The fourth-order valence-corrected chi connectivity index (χ4v) is 2.71. The third kappa shape index (κ3) is 2.44.